The minimum atomic E-state index is -1.09. The normalized spacial score (nSPS) is 9.95. The highest BCUT2D eigenvalue weighted by Gasteiger charge is 2.06. The van der Waals surface area contributed by atoms with E-state index in [2.05, 4.69) is 15.6 Å². The lowest BCUT2D eigenvalue weighted by Crippen LogP contribution is -2.31. The average Bonchev–Trinajstić information content (AvgIpc) is 2.77. The first-order valence-corrected chi connectivity index (χ1v) is 5.75. The number of aromatic carboxylic acids is 1. The number of hydrogen-bond acceptors (Lipinski definition) is 4. The summed E-state index contributed by atoms with van der Waals surface area (Å²) in [7, 11) is 0. The van der Waals surface area contributed by atoms with Gasteiger partial charge in [0.2, 0.25) is 11.8 Å². The number of carboxylic acid groups (broad SMARTS) is 1. The standard InChI is InChI=1S/C11H16N4O4/c1-8(16)12-3-2-10(17)13-4-5-15-6-9(11(18)19)14-7-15/h6-7H,2-5H2,1H3,(H,12,16)(H,13,17)(H,18,19). The van der Waals surface area contributed by atoms with E-state index in [9.17, 15) is 14.4 Å². The third-order valence-corrected chi connectivity index (χ3v) is 2.27. The molecule has 0 atom stereocenters. The zero-order chi connectivity index (χ0) is 14.3. The molecule has 1 aromatic rings. The fraction of sp³-hybridized carbons (Fsp3) is 0.455. The molecule has 3 N–H and O–H groups in total. The molecule has 0 spiro atoms. The molecule has 0 saturated carbocycles. The first-order chi connectivity index (χ1) is 8.99. The van der Waals surface area contributed by atoms with E-state index in [1.165, 1.54) is 19.4 Å². The van der Waals surface area contributed by atoms with Crippen molar-refractivity contribution in [2.24, 2.45) is 0 Å². The Morgan fingerprint density at radius 2 is 2.05 bits per heavy atom. The number of aromatic nitrogens is 2. The molecule has 2 amide bonds. The Morgan fingerprint density at radius 1 is 1.32 bits per heavy atom. The highest BCUT2D eigenvalue weighted by molar-refractivity contribution is 5.84. The van der Waals surface area contributed by atoms with Gasteiger partial charge in [-0.15, -0.1) is 0 Å². The quantitative estimate of drug-likeness (QED) is 0.600. The monoisotopic (exact) mass is 268 g/mol. The van der Waals surface area contributed by atoms with E-state index in [4.69, 9.17) is 5.11 Å². The second kappa shape index (κ2) is 7.14. The Hall–Kier alpha value is -2.38. The molecule has 0 fully saturated rings. The number of rotatable bonds is 7. The van der Waals surface area contributed by atoms with Gasteiger partial charge in [0.15, 0.2) is 5.69 Å². The summed E-state index contributed by atoms with van der Waals surface area (Å²) < 4.78 is 1.58. The molecule has 8 nitrogen and oxygen atoms in total. The molecule has 104 valence electrons. The highest BCUT2D eigenvalue weighted by Crippen LogP contribution is 1.95. The van der Waals surface area contributed by atoms with Gasteiger partial charge in [-0.25, -0.2) is 9.78 Å². The summed E-state index contributed by atoms with van der Waals surface area (Å²) in [6.45, 7) is 2.49. The molecule has 0 unspecified atom stereocenters. The maximum Gasteiger partial charge on any atom is 0.356 e. The van der Waals surface area contributed by atoms with Crippen molar-refractivity contribution < 1.29 is 19.5 Å². The van der Waals surface area contributed by atoms with Gasteiger partial charge in [-0.3, -0.25) is 9.59 Å². The van der Waals surface area contributed by atoms with Gasteiger partial charge in [-0.2, -0.15) is 0 Å². The summed E-state index contributed by atoms with van der Waals surface area (Å²) in [5, 5.41) is 13.9. The van der Waals surface area contributed by atoms with Crippen molar-refractivity contribution in [2.75, 3.05) is 13.1 Å². The molecule has 0 bridgehead atoms. The molecule has 0 aromatic carbocycles. The Bertz CT molecular complexity index is 469. The Morgan fingerprint density at radius 3 is 2.63 bits per heavy atom. The first kappa shape index (κ1) is 14.7. The highest BCUT2D eigenvalue weighted by atomic mass is 16.4. The molecular formula is C11H16N4O4. The van der Waals surface area contributed by atoms with Gasteiger partial charge in [0.1, 0.15) is 0 Å². The minimum absolute atomic E-state index is 0.0306. The predicted octanol–water partition coefficient (Wildman–Crippen LogP) is -0.776. The molecule has 0 aliphatic heterocycles. The van der Waals surface area contributed by atoms with Crippen LogP contribution < -0.4 is 10.6 Å². The summed E-state index contributed by atoms with van der Waals surface area (Å²) >= 11 is 0. The second-order valence-electron chi connectivity index (χ2n) is 3.88. The van der Waals surface area contributed by atoms with Crippen LogP contribution in [-0.2, 0) is 16.1 Å². The van der Waals surface area contributed by atoms with Crippen molar-refractivity contribution in [2.45, 2.75) is 19.9 Å². The van der Waals surface area contributed by atoms with Crippen LogP contribution in [0.5, 0.6) is 0 Å². The SMILES string of the molecule is CC(=O)NCCC(=O)NCCn1cnc(C(=O)O)c1. The number of carboxylic acids is 1. The maximum atomic E-state index is 11.3. The van der Waals surface area contributed by atoms with Crippen LogP contribution in [0.4, 0.5) is 0 Å². The number of carbonyl (C=O) groups is 3. The number of nitrogens with zero attached hydrogens (tertiary/aromatic N) is 2. The molecule has 0 radical (unpaired) electrons. The lowest BCUT2D eigenvalue weighted by atomic mass is 10.4. The van der Waals surface area contributed by atoms with Crippen molar-refractivity contribution in [1.29, 1.82) is 0 Å². The molecule has 19 heavy (non-hydrogen) atoms. The maximum absolute atomic E-state index is 11.3. The van der Waals surface area contributed by atoms with Gasteiger partial charge < -0.3 is 20.3 Å². The zero-order valence-corrected chi connectivity index (χ0v) is 10.5. The summed E-state index contributed by atoms with van der Waals surface area (Å²) in [5.41, 5.74) is -0.0306. The molecule has 1 aromatic heterocycles. The topological polar surface area (TPSA) is 113 Å². The van der Waals surface area contributed by atoms with Crippen molar-refractivity contribution in [3.05, 3.63) is 18.2 Å². The number of carbonyl (C=O) groups excluding carboxylic acids is 2. The Balaban J connectivity index is 2.20. The van der Waals surface area contributed by atoms with Crippen molar-refractivity contribution in [3.8, 4) is 0 Å². The summed E-state index contributed by atoms with van der Waals surface area (Å²) in [6, 6.07) is 0. The Kier molecular flexibility index (Phi) is 5.52. The first-order valence-electron chi connectivity index (χ1n) is 5.75. The smallest absolute Gasteiger partial charge is 0.356 e. The van der Waals surface area contributed by atoms with Crippen LogP contribution in [0.3, 0.4) is 0 Å². The minimum Gasteiger partial charge on any atom is -0.476 e. The van der Waals surface area contributed by atoms with Gasteiger partial charge in [0.25, 0.3) is 0 Å². The molecule has 1 rings (SSSR count). The van der Waals surface area contributed by atoms with Gasteiger partial charge in [0, 0.05) is 39.2 Å². The lowest BCUT2D eigenvalue weighted by Gasteiger charge is -2.06. The third kappa shape index (κ3) is 5.66. The van der Waals surface area contributed by atoms with E-state index in [1.807, 2.05) is 0 Å². The van der Waals surface area contributed by atoms with E-state index in [1.54, 1.807) is 4.57 Å². The van der Waals surface area contributed by atoms with Crippen LogP contribution in [0.25, 0.3) is 0 Å². The third-order valence-electron chi connectivity index (χ3n) is 2.27. The Labute approximate surface area is 109 Å². The van der Waals surface area contributed by atoms with Gasteiger partial charge in [-0.1, -0.05) is 0 Å². The number of imidazole rings is 1. The van der Waals surface area contributed by atoms with E-state index < -0.39 is 5.97 Å². The molecule has 1 heterocycles. The molecule has 0 saturated heterocycles. The largest absolute Gasteiger partial charge is 0.476 e. The van der Waals surface area contributed by atoms with Gasteiger partial charge in [-0.05, 0) is 0 Å². The number of hydrogen-bond donors (Lipinski definition) is 3. The van der Waals surface area contributed by atoms with E-state index >= 15 is 0 Å². The van der Waals surface area contributed by atoms with Crippen LogP contribution in [-0.4, -0.2) is 45.5 Å². The second-order valence-corrected chi connectivity index (χ2v) is 3.88. The lowest BCUT2D eigenvalue weighted by molar-refractivity contribution is -0.121. The van der Waals surface area contributed by atoms with Gasteiger partial charge in [0.05, 0.1) is 6.33 Å². The summed E-state index contributed by atoms with van der Waals surface area (Å²) in [5.74, 6) is -1.43. The summed E-state index contributed by atoms with van der Waals surface area (Å²) in [6.07, 6.45) is 3.00. The fourth-order valence-corrected chi connectivity index (χ4v) is 1.36. The summed E-state index contributed by atoms with van der Waals surface area (Å²) in [4.78, 5) is 36.2. The predicted molar refractivity (Wildman–Crippen MR) is 65.5 cm³/mol. The van der Waals surface area contributed by atoms with Crippen LogP contribution in [0, 0.1) is 0 Å². The van der Waals surface area contributed by atoms with Crippen LogP contribution >= 0.6 is 0 Å². The van der Waals surface area contributed by atoms with Crippen molar-refractivity contribution in [1.82, 2.24) is 20.2 Å². The van der Waals surface area contributed by atoms with E-state index in [-0.39, 0.29) is 23.9 Å². The number of nitrogens with one attached hydrogen (secondary N) is 2. The van der Waals surface area contributed by atoms with Crippen LogP contribution in [0.2, 0.25) is 0 Å². The van der Waals surface area contributed by atoms with Crippen LogP contribution in [0.15, 0.2) is 12.5 Å². The van der Waals surface area contributed by atoms with Crippen molar-refractivity contribution in [3.63, 3.8) is 0 Å². The zero-order valence-electron chi connectivity index (χ0n) is 10.5. The average molecular weight is 268 g/mol. The molecule has 0 aliphatic rings. The van der Waals surface area contributed by atoms with Gasteiger partial charge >= 0.3 is 5.97 Å². The number of amides is 2. The van der Waals surface area contributed by atoms with E-state index in [0.717, 1.165) is 0 Å². The van der Waals surface area contributed by atoms with E-state index in [0.29, 0.717) is 19.6 Å². The fourth-order valence-electron chi connectivity index (χ4n) is 1.36. The van der Waals surface area contributed by atoms with Crippen molar-refractivity contribution >= 4 is 17.8 Å². The molecule has 0 aliphatic carbocycles. The van der Waals surface area contributed by atoms with Crippen LogP contribution in [0.1, 0.15) is 23.8 Å². The molecule has 8 heteroatoms. The molecular weight excluding hydrogens is 252 g/mol.